The molecule has 0 fully saturated rings. The lowest BCUT2D eigenvalue weighted by Gasteiger charge is -2.24. The van der Waals surface area contributed by atoms with E-state index in [0.717, 1.165) is 17.1 Å². The van der Waals surface area contributed by atoms with Crippen LogP contribution in [-0.4, -0.2) is 29.8 Å². The van der Waals surface area contributed by atoms with E-state index in [0.29, 0.717) is 24.6 Å². The van der Waals surface area contributed by atoms with E-state index in [4.69, 9.17) is 18.4 Å². The summed E-state index contributed by atoms with van der Waals surface area (Å²) in [4.78, 5) is 16.6. The average Bonchev–Trinajstić information content (AvgIpc) is 3.36. The van der Waals surface area contributed by atoms with Crippen LogP contribution in [0, 0.1) is 5.92 Å². The molecular formula is C18H17N3O5. The Balaban J connectivity index is 1.36. The number of furan rings is 1. The molecule has 2 aromatic heterocycles. The zero-order chi connectivity index (χ0) is 17.9. The first-order chi connectivity index (χ1) is 12.7. The number of amides is 1. The highest BCUT2D eigenvalue weighted by Crippen LogP contribution is 2.30. The van der Waals surface area contributed by atoms with Gasteiger partial charge in [0.05, 0.1) is 25.8 Å². The first-order valence-corrected chi connectivity index (χ1v) is 8.17. The number of fused-ring (bicyclic) bond motifs is 1. The summed E-state index contributed by atoms with van der Waals surface area (Å²) < 4.78 is 21.2. The average molecular weight is 355 g/mol. The third-order valence-electron chi connectivity index (χ3n) is 4.17. The third kappa shape index (κ3) is 3.26. The Hall–Kier alpha value is -3.29. The monoisotopic (exact) mass is 355 g/mol. The van der Waals surface area contributed by atoms with E-state index in [1.165, 1.54) is 6.26 Å². The summed E-state index contributed by atoms with van der Waals surface area (Å²) >= 11 is 0. The molecule has 8 heteroatoms. The second kappa shape index (κ2) is 6.91. The van der Waals surface area contributed by atoms with Crippen molar-refractivity contribution in [2.45, 2.75) is 13.0 Å². The fraction of sp³-hybridized carbons (Fsp3) is 0.278. The van der Waals surface area contributed by atoms with Gasteiger partial charge in [-0.25, -0.2) is 0 Å². The summed E-state index contributed by atoms with van der Waals surface area (Å²) in [7, 11) is 1.61. The van der Waals surface area contributed by atoms with Gasteiger partial charge in [0.1, 0.15) is 18.1 Å². The fourth-order valence-corrected chi connectivity index (χ4v) is 2.80. The fourth-order valence-electron chi connectivity index (χ4n) is 2.80. The molecule has 0 spiro atoms. The van der Waals surface area contributed by atoms with Crippen LogP contribution < -0.4 is 14.8 Å². The first kappa shape index (κ1) is 16.2. The van der Waals surface area contributed by atoms with Crippen LogP contribution in [0.4, 0.5) is 0 Å². The summed E-state index contributed by atoms with van der Waals surface area (Å²) in [6, 6.07) is 9.05. The van der Waals surface area contributed by atoms with Gasteiger partial charge in [-0.3, -0.25) is 4.79 Å². The molecule has 3 heterocycles. The van der Waals surface area contributed by atoms with Crippen molar-refractivity contribution in [3.63, 3.8) is 0 Å². The molecule has 1 aliphatic rings. The Morgan fingerprint density at radius 2 is 2.31 bits per heavy atom. The minimum Gasteiger partial charge on any atom is -0.497 e. The van der Waals surface area contributed by atoms with Gasteiger partial charge >= 0.3 is 0 Å². The number of nitrogens with zero attached hydrogens (tertiary/aromatic N) is 2. The minimum absolute atomic E-state index is 0.122. The van der Waals surface area contributed by atoms with E-state index in [1.54, 1.807) is 19.2 Å². The maximum Gasteiger partial charge on any atom is 0.293 e. The predicted octanol–water partition coefficient (Wildman–Crippen LogP) is 2.21. The Morgan fingerprint density at radius 3 is 3.12 bits per heavy atom. The maximum atomic E-state index is 12.4. The van der Waals surface area contributed by atoms with Gasteiger partial charge in [0, 0.05) is 0 Å². The highest BCUT2D eigenvalue weighted by molar-refractivity contribution is 5.79. The van der Waals surface area contributed by atoms with Crippen molar-refractivity contribution >= 4 is 5.91 Å². The van der Waals surface area contributed by atoms with Gasteiger partial charge in [-0.05, 0) is 42.3 Å². The summed E-state index contributed by atoms with van der Waals surface area (Å²) in [6.45, 7) is 0.500. The molecule has 1 N–H and O–H groups in total. The molecule has 1 aromatic carbocycles. The summed E-state index contributed by atoms with van der Waals surface area (Å²) in [5.74, 6) is 2.27. The molecule has 134 valence electrons. The van der Waals surface area contributed by atoms with E-state index in [-0.39, 0.29) is 24.3 Å². The van der Waals surface area contributed by atoms with Crippen molar-refractivity contribution in [1.29, 1.82) is 0 Å². The maximum absolute atomic E-state index is 12.4. The Morgan fingerprint density at radius 1 is 1.38 bits per heavy atom. The number of ether oxygens (including phenoxy) is 2. The van der Waals surface area contributed by atoms with Gasteiger partial charge in [0.2, 0.25) is 5.91 Å². The number of aromatic nitrogens is 2. The molecule has 1 atom stereocenters. The molecule has 1 aliphatic heterocycles. The molecule has 8 nitrogen and oxygen atoms in total. The molecule has 3 aromatic rings. The van der Waals surface area contributed by atoms with Crippen LogP contribution in [0.3, 0.4) is 0 Å². The van der Waals surface area contributed by atoms with Crippen LogP contribution in [-0.2, 0) is 17.8 Å². The van der Waals surface area contributed by atoms with Crippen molar-refractivity contribution in [3.8, 4) is 23.1 Å². The zero-order valence-corrected chi connectivity index (χ0v) is 14.1. The number of methoxy groups -OCH3 is 1. The highest BCUT2D eigenvalue weighted by Gasteiger charge is 2.26. The predicted molar refractivity (Wildman–Crippen MR) is 89.5 cm³/mol. The van der Waals surface area contributed by atoms with Crippen LogP contribution in [0.25, 0.3) is 11.7 Å². The van der Waals surface area contributed by atoms with E-state index >= 15 is 0 Å². The number of hydrogen-bond acceptors (Lipinski definition) is 7. The standard InChI is InChI=1S/C18H17N3O5/c1-23-13-4-5-14-11(8-13)7-12(10-25-14)17(22)19-9-16-20-18(26-21-16)15-3-2-6-24-15/h2-6,8,12H,7,9-10H2,1H3,(H,19,22)/t12-/m1/s1. The molecule has 0 saturated heterocycles. The summed E-state index contributed by atoms with van der Waals surface area (Å²) in [6.07, 6.45) is 2.11. The molecule has 4 rings (SSSR count). The van der Waals surface area contributed by atoms with Gasteiger partial charge in [-0.1, -0.05) is 5.16 Å². The number of carbonyl (C=O) groups is 1. The van der Waals surface area contributed by atoms with Crippen molar-refractivity contribution in [3.05, 3.63) is 48.0 Å². The molecule has 0 bridgehead atoms. The van der Waals surface area contributed by atoms with E-state index in [1.807, 2.05) is 18.2 Å². The number of nitrogens with one attached hydrogen (secondary N) is 1. The van der Waals surface area contributed by atoms with Gasteiger partial charge in [0.15, 0.2) is 11.6 Å². The van der Waals surface area contributed by atoms with Gasteiger partial charge in [0.25, 0.3) is 5.89 Å². The molecule has 0 aliphatic carbocycles. The van der Waals surface area contributed by atoms with Gasteiger partial charge < -0.3 is 23.7 Å². The number of carbonyl (C=O) groups excluding carboxylic acids is 1. The van der Waals surface area contributed by atoms with Crippen molar-refractivity contribution < 1.29 is 23.2 Å². The lowest BCUT2D eigenvalue weighted by molar-refractivity contribution is -0.126. The Bertz CT molecular complexity index is 903. The largest absolute Gasteiger partial charge is 0.497 e. The molecule has 0 unspecified atom stereocenters. The third-order valence-corrected chi connectivity index (χ3v) is 4.17. The SMILES string of the molecule is COc1ccc2c(c1)C[C@@H](C(=O)NCc1noc(-c3ccco3)n1)CO2. The minimum atomic E-state index is -0.286. The van der Waals surface area contributed by atoms with Gasteiger partial charge in [-0.15, -0.1) is 0 Å². The Labute approximate surface area is 149 Å². The molecule has 0 radical (unpaired) electrons. The normalized spacial score (nSPS) is 15.8. The van der Waals surface area contributed by atoms with Gasteiger partial charge in [-0.2, -0.15) is 4.98 Å². The lowest BCUT2D eigenvalue weighted by Crippen LogP contribution is -2.37. The number of benzene rings is 1. The van der Waals surface area contributed by atoms with E-state index < -0.39 is 0 Å². The number of rotatable bonds is 5. The Kier molecular flexibility index (Phi) is 4.30. The molecule has 26 heavy (non-hydrogen) atoms. The van der Waals surface area contributed by atoms with Crippen LogP contribution in [0.1, 0.15) is 11.4 Å². The van der Waals surface area contributed by atoms with Crippen molar-refractivity contribution in [2.24, 2.45) is 5.92 Å². The summed E-state index contributed by atoms with van der Waals surface area (Å²) in [5, 5.41) is 6.66. The highest BCUT2D eigenvalue weighted by atomic mass is 16.5. The van der Waals surface area contributed by atoms with Crippen LogP contribution in [0.15, 0.2) is 45.5 Å². The van der Waals surface area contributed by atoms with Crippen LogP contribution in [0.5, 0.6) is 11.5 Å². The molecular weight excluding hydrogens is 338 g/mol. The summed E-state index contributed by atoms with van der Waals surface area (Å²) in [5.41, 5.74) is 0.954. The van der Waals surface area contributed by atoms with E-state index in [9.17, 15) is 4.79 Å². The smallest absolute Gasteiger partial charge is 0.293 e. The molecule has 0 saturated carbocycles. The van der Waals surface area contributed by atoms with Crippen LogP contribution >= 0.6 is 0 Å². The topological polar surface area (TPSA) is 99.6 Å². The van der Waals surface area contributed by atoms with E-state index in [2.05, 4.69) is 15.5 Å². The number of hydrogen-bond donors (Lipinski definition) is 1. The lowest BCUT2D eigenvalue weighted by atomic mass is 9.96. The second-order valence-corrected chi connectivity index (χ2v) is 5.90. The second-order valence-electron chi connectivity index (χ2n) is 5.90. The van der Waals surface area contributed by atoms with Crippen LogP contribution in [0.2, 0.25) is 0 Å². The first-order valence-electron chi connectivity index (χ1n) is 8.17. The van der Waals surface area contributed by atoms with Crippen molar-refractivity contribution in [2.75, 3.05) is 13.7 Å². The molecule has 1 amide bonds. The zero-order valence-electron chi connectivity index (χ0n) is 14.1. The quantitative estimate of drug-likeness (QED) is 0.749. The van der Waals surface area contributed by atoms with Crippen molar-refractivity contribution in [1.82, 2.24) is 15.5 Å².